The quantitative estimate of drug-likeness (QED) is 0.792. The Morgan fingerprint density at radius 3 is 2.88 bits per heavy atom. The molecule has 0 aliphatic rings. The minimum atomic E-state index is -1.31. The molecular formula is C11H10N2O3. The van der Waals surface area contributed by atoms with Crippen LogP contribution in [-0.4, -0.2) is 21.3 Å². The maximum Gasteiger partial charge on any atom is 0.360 e. The largest absolute Gasteiger partial charge is 0.476 e. The number of carboxylic acid groups (broad SMARTS) is 1. The number of benzene rings is 1. The molecule has 0 amide bonds. The van der Waals surface area contributed by atoms with Crippen LogP contribution in [0.2, 0.25) is 0 Å². The molecule has 0 bridgehead atoms. The Hall–Kier alpha value is -2.17. The highest BCUT2D eigenvalue weighted by atomic mass is 16.4. The van der Waals surface area contributed by atoms with Crippen LogP contribution in [0.5, 0.6) is 0 Å². The molecule has 2 N–H and O–H groups in total. The lowest BCUT2D eigenvalue weighted by Gasteiger charge is -2.03. The molecule has 0 fully saturated rings. The summed E-state index contributed by atoms with van der Waals surface area (Å²) in [6.45, 7) is 1.96. The zero-order valence-corrected chi connectivity index (χ0v) is 8.65. The third-order valence-electron chi connectivity index (χ3n) is 2.47. The van der Waals surface area contributed by atoms with Crippen molar-refractivity contribution in [2.45, 2.75) is 13.3 Å². The van der Waals surface area contributed by atoms with Crippen molar-refractivity contribution in [2.75, 3.05) is 0 Å². The zero-order valence-electron chi connectivity index (χ0n) is 8.65. The molecule has 0 aliphatic carbocycles. The number of carbonyl (C=O) groups is 1. The van der Waals surface area contributed by atoms with Crippen LogP contribution in [0.3, 0.4) is 0 Å². The highest BCUT2D eigenvalue weighted by Gasteiger charge is 2.14. The fourth-order valence-corrected chi connectivity index (χ4v) is 1.65. The van der Waals surface area contributed by atoms with Crippen LogP contribution in [-0.2, 0) is 6.42 Å². The van der Waals surface area contributed by atoms with Gasteiger partial charge in [-0.2, -0.15) is 5.10 Å². The van der Waals surface area contributed by atoms with Crippen LogP contribution in [0.4, 0.5) is 0 Å². The van der Waals surface area contributed by atoms with Crippen LogP contribution in [0.15, 0.2) is 23.0 Å². The molecule has 5 heteroatoms. The van der Waals surface area contributed by atoms with Crippen molar-refractivity contribution in [2.24, 2.45) is 0 Å². The smallest absolute Gasteiger partial charge is 0.360 e. The first-order valence-corrected chi connectivity index (χ1v) is 4.88. The van der Waals surface area contributed by atoms with Gasteiger partial charge in [-0.25, -0.2) is 4.79 Å². The summed E-state index contributed by atoms with van der Waals surface area (Å²) in [5.74, 6) is -1.31. The molecule has 0 unspecified atom stereocenters. The summed E-state index contributed by atoms with van der Waals surface area (Å²) in [5, 5.41) is 15.3. The summed E-state index contributed by atoms with van der Waals surface area (Å²) in [5.41, 5.74) is 0.538. The number of hydrogen-bond acceptors (Lipinski definition) is 3. The number of aromatic carboxylic acids is 1. The third kappa shape index (κ3) is 1.46. The zero-order chi connectivity index (χ0) is 11.7. The lowest BCUT2D eigenvalue weighted by molar-refractivity contribution is 0.0688. The number of H-pyrrole nitrogens is 1. The number of nitrogens with one attached hydrogen (secondary N) is 1. The molecule has 82 valence electrons. The van der Waals surface area contributed by atoms with Crippen molar-refractivity contribution in [1.29, 1.82) is 0 Å². The van der Waals surface area contributed by atoms with Gasteiger partial charge in [-0.3, -0.25) is 9.89 Å². The van der Waals surface area contributed by atoms with Crippen molar-refractivity contribution in [1.82, 2.24) is 10.2 Å². The Labute approximate surface area is 90.7 Å². The van der Waals surface area contributed by atoms with Crippen LogP contribution in [0.25, 0.3) is 10.9 Å². The summed E-state index contributed by atoms with van der Waals surface area (Å²) >= 11 is 0. The fraction of sp³-hybridized carbons (Fsp3) is 0.182. The van der Waals surface area contributed by atoms with Crippen molar-refractivity contribution in [3.63, 3.8) is 0 Å². The Morgan fingerprint density at radius 1 is 1.50 bits per heavy atom. The molecule has 0 radical (unpaired) electrons. The van der Waals surface area contributed by atoms with Gasteiger partial charge in [0.15, 0.2) is 0 Å². The Bertz CT molecular complexity index is 616. The van der Waals surface area contributed by atoms with E-state index in [4.69, 9.17) is 5.11 Å². The average Bonchev–Trinajstić information content (AvgIpc) is 2.28. The molecule has 5 nitrogen and oxygen atoms in total. The van der Waals surface area contributed by atoms with E-state index in [1.54, 1.807) is 12.1 Å². The first-order chi connectivity index (χ1) is 7.65. The number of hydrogen-bond donors (Lipinski definition) is 2. The van der Waals surface area contributed by atoms with Gasteiger partial charge in [0, 0.05) is 5.39 Å². The monoisotopic (exact) mass is 218 g/mol. The van der Waals surface area contributed by atoms with E-state index >= 15 is 0 Å². The summed E-state index contributed by atoms with van der Waals surface area (Å²) in [6.07, 6.45) is 0.751. The van der Waals surface area contributed by atoms with E-state index in [1.165, 1.54) is 0 Å². The topological polar surface area (TPSA) is 83.1 Å². The van der Waals surface area contributed by atoms with E-state index in [9.17, 15) is 9.59 Å². The Kier molecular flexibility index (Phi) is 2.44. The van der Waals surface area contributed by atoms with Crippen molar-refractivity contribution >= 4 is 16.9 Å². The number of aromatic nitrogens is 2. The summed E-state index contributed by atoms with van der Waals surface area (Å²) in [4.78, 5) is 22.5. The number of nitrogens with zero attached hydrogens (tertiary/aromatic N) is 1. The molecular weight excluding hydrogens is 208 g/mol. The first-order valence-electron chi connectivity index (χ1n) is 4.88. The number of rotatable bonds is 2. The average molecular weight is 218 g/mol. The maximum absolute atomic E-state index is 11.8. The van der Waals surface area contributed by atoms with Crippen molar-refractivity contribution in [3.8, 4) is 0 Å². The highest BCUT2D eigenvalue weighted by molar-refractivity contribution is 5.90. The molecule has 2 aromatic rings. The van der Waals surface area contributed by atoms with E-state index in [1.807, 2.05) is 13.0 Å². The van der Waals surface area contributed by atoms with Gasteiger partial charge in [-0.15, -0.1) is 0 Å². The van der Waals surface area contributed by atoms with Gasteiger partial charge in [0.05, 0.1) is 5.52 Å². The second-order valence-electron chi connectivity index (χ2n) is 3.40. The van der Waals surface area contributed by atoms with E-state index in [-0.39, 0.29) is 0 Å². The van der Waals surface area contributed by atoms with E-state index in [0.717, 1.165) is 12.0 Å². The number of aromatic amines is 1. The SMILES string of the molecule is CCc1cccc2c(=O)c(C(=O)O)n[nH]c12. The Balaban J connectivity index is 2.87. The number of fused-ring (bicyclic) bond motifs is 1. The second kappa shape index (κ2) is 3.77. The van der Waals surface area contributed by atoms with Gasteiger partial charge in [-0.1, -0.05) is 19.1 Å². The summed E-state index contributed by atoms with van der Waals surface area (Å²) in [6, 6.07) is 5.21. The molecule has 16 heavy (non-hydrogen) atoms. The Morgan fingerprint density at radius 2 is 2.25 bits per heavy atom. The molecule has 1 aromatic heterocycles. The van der Waals surface area contributed by atoms with Crippen molar-refractivity contribution < 1.29 is 9.90 Å². The number of para-hydroxylation sites is 1. The van der Waals surface area contributed by atoms with Gasteiger partial charge >= 0.3 is 5.97 Å². The first kappa shape index (κ1) is 10.4. The predicted molar refractivity (Wildman–Crippen MR) is 58.7 cm³/mol. The number of aryl methyl sites for hydroxylation is 1. The minimum Gasteiger partial charge on any atom is -0.476 e. The van der Waals surface area contributed by atoms with Crippen LogP contribution >= 0.6 is 0 Å². The molecule has 0 spiro atoms. The molecule has 0 atom stereocenters. The molecule has 0 aliphatic heterocycles. The highest BCUT2D eigenvalue weighted by Crippen LogP contribution is 2.13. The minimum absolute atomic E-state index is 0.367. The lowest BCUT2D eigenvalue weighted by Crippen LogP contribution is -2.18. The van der Waals surface area contributed by atoms with Crippen LogP contribution < -0.4 is 5.43 Å². The second-order valence-corrected chi connectivity index (χ2v) is 3.40. The van der Waals surface area contributed by atoms with E-state index < -0.39 is 17.1 Å². The van der Waals surface area contributed by atoms with Gasteiger partial charge in [0.1, 0.15) is 0 Å². The van der Waals surface area contributed by atoms with Crippen LogP contribution in [0.1, 0.15) is 23.0 Å². The van der Waals surface area contributed by atoms with E-state index in [0.29, 0.717) is 10.9 Å². The molecule has 1 aromatic carbocycles. The molecule has 1 heterocycles. The summed E-state index contributed by atoms with van der Waals surface area (Å²) < 4.78 is 0. The normalized spacial score (nSPS) is 10.6. The lowest BCUT2D eigenvalue weighted by atomic mass is 10.1. The van der Waals surface area contributed by atoms with Gasteiger partial charge < -0.3 is 5.11 Å². The standard InChI is InChI=1S/C11H10N2O3/c1-2-6-4-3-5-7-8(6)12-13-9(10(7)14)11(15)16/h3-5H,2H2,1H3,(H,12,14)(H,15,16). The van der Waals surface area contributed by atoms with Gasteiger partial charge in [0.25, 0.3) is 0 Å². The van der Waals surface area contributed by atoms with Gasteiger partial charge in [-0.05, 0) is 18.1 Å². The molecule has 0 saturated heterocycles. The van der Waals surface area contributed by atoms with Gasteiger partial charge in [0.2, 0.25) is 11.1 Å². The van der Waals surface area contributed by atoms with E-state index in [2.05, 4.69) is 10.2 Å². The predicted octanol–water partition coefficient (Wildman–Crippen LogP) is 1.18. The molecule has 0 saturated carbocycles. The van der Waals surface area contributed by atoms with Crippen molar-refractivity contribution in [3.05, 3.63) is 39.7 Å². The third-order valence-corrected chi connectivity index (χ3v) is 2.47. The maximum atomic E-state index is 11.8. The van der Waals surface area contributed by atoms with Crippen LogP contribution in [0, 0.1) is 0 Å². The summed E-state index contributed by atoms with van der Waals surface area (Å²) in [7, 11) is 0. The number of carboxylic acids is 1. The fourth-order valence-electron chi connectivity index (χ4n) is 1.65. The molecule has 2 rings (SSSR count).